The average Bonchev–Trinajstić information content (AvgIpc) is 3.06. The van der Waals surface area contributed by atoms with Gasteiger partial charge in [-0.25, -0.2) is 0 Å². The molecule has 4 nitrogen and oxygen atoms in total. The van der Waals surface area contributed by atoms with E-state index in [-0.39, 0.29) is 6.61 Å². The SMILES string of the molecule is O=C(O)[C@@H](COC(c1ccccc1)(c1ccccc1)c1ccccc1)[C@@H](O)CCCCCCc1cccc2ccccc12. The van der Waals surface area contributed by atoms with Crippen LogP contribution in [-0.2, 0) is 21.6 Å². The fourth-order valence-corrected chi connectivity index (χ4v) is 6.06. The minimum absolute atomic E-state index is 0.129. The van der Waals surface area contributed by atoms with E-state index in [2.05, 4.69) is 42.5 Å². The molecule has 0 fully saturated rings. The molecule has 0 aliphatic rings. The van der Waals surface area contributed by atoms with Gasteiger partial charge in [0.05, 0.1) is 12.7 Å². The van der Waals surface area contributed by atoms with Gasteiger partial charge in [-0.1, -0.05) is 153 Å². The van der Waals surface area contributed by atoms with Crippen LogP contribution in [0.3, 0.4) is 0 Å². The Labute approximate surface area is 254 Å². The zero-order valence-corrected chi connectivity index (χ0v) is 24.5. The van der Waals surface area contributed by atoms with Crippen molar-refractivity contribution in [3.05, 3.63) is 156 Å². The molecule has 5 aromatic carbocycles. The quantitative estimate of drug-likeness (QED) is 0.0976. The minimum atomic E-state index is -1.05. The Morgan fingerprint density at radius 2 is 1.14 bits per heavy atom. The molecule has 0 unspecified atom stereocenters. The summed E-state index contributed by atoms with van der Waals surface area (Å²) in [6.07, 6.45) is 4.22. The highest BCUT2D eigenvalue weighted by Gasteiger charge is 2.39. The molecular weight excluding hydrogens is 532 g/mol. The first kappa shape index (κ1) is 30.2. The molecule has 0 aromatic heterocycles. The number of aliphatic hydroxyl groups is 1. The van der Waals surface area contributed by atoms with E-state index >= 15 is 0 Å². The van der Waals surface area contributed by atoms with Gasteiger partial charge >= 0.3 is 5.97 Å². The number of carboxylic acid groups (broad SMARTS) is 1. The smallest absolute Gasteiger partial charge is 0.311 e. The predicted octanol–water partition coefficient (Wildman–Crippen LogP) is 8.40. The highest BCUT2D eigenvalue weighted by atomic mass is 16.5. The number of fused-ring (bicyclic) bond motifs is 1. The molecule has 0 saturated heterocycles. The van der Waals surface area contributed by atoms with Crippen LogP contribution in [0.4, 0.5) is 0 Å². The average molecular weight is 573 g/mol. The molecule has 0 bridgehead atoms. The van der Waals surface area contributed by atoms with Crippen molar-refractivity contribution in [1.29, 1.82) is 0 Å². The topological polar surface area (TPSA) is 66.8 Å². The van der Waals surface area contributed by atoms with Crippen LogP contribution in [-0.4, -0.2) is 28.9 Å². The predicted molar refractivity (Wildman–Crippen MR) is 173 cm³/mol. The van der Waals surface area contributed by atoms with E-state index in [1.54, 1.807) is 0 Å². The minimum Gasteiger partial charge on any atom is -0.481 e. The van der Waals surface area contributed by atoms with Crippen molar-refractivity contribution in [2.45, 2.75) is 50.2 Å². The van der Waals surface area contributed by atoms with Gasteiger partial charge in [0.25, 0.3) is 0 Å². The van der Waals surface area contributed by atoms with Crippen molar-refractivity contribution in [1.82, 2.24) is 0 Å². The lowest BCUT2D eigenvalue weighted by Crippen LogP contribution is -2.39. The Hall–Kier alpha value is -4.25. The normalized spacial score (nSPS) is 13.0. The number of aliphatic hydroxyl groups excluding tert-OH is 1. The summed E-state index contributed by atoms with van der Waals surface area (Å²) in [5.41, 5.74) is 3.03. The fourth-order valence-electron chi connectivity index (χ4n) is 6.06. The number of ether oxygens (including phenoxy) is 1. The van der Waals surface area contributed by atoms with Gasteiger partial charge in [0.15, 0.2) is 0 Å². The first-order chi connectivity index (χ1) is 21.1. The van der Waals surface area contributed by atoms with Crippen molar-refractivity contribution in [3.63, 3.8) is 0 Å². The third-order valence-electron chi connectivity index (χ3n) is 8.38. The zero-order valence-electron chi connectivity index (χ0n) is 24.5. The van der Waals surface area contributed by atoms with Crippen molar-refractivity contribution in [2.75, 3.05) is 6.61 Å². The standard InChI is InChI=1S/C39H40O4/c40-37(28-13-2-1-6-17-30-19-16-20-31-18-14-15-27-35(30)31)36(38(41)42)29-43-39(32-21-7-3-8-22-32,33-23-9-4-10-24-33)34-25-11-5-12-26-34/h3-5,7-12,14-16,18-27,36-37,40H,1-2,6,13,17,28-29H2,(H,41,42)/t36-,37-/m0/s1. The summed E-state index contributed by atoms with van der Waals surface area (Å²) < 4.78 is 6.72. The van der Waals surface area contributed by atoms with Crippen LogP contribution in [0.15, 0.2) is 133 Å². The molecule has 0 aliphatic heterocycles. The number of aliphatic carboxylic acids is 1. The Bertz CT molecular complexity index is 1460. The number of carboxylic acids is 1. The van der Waals surface area contributed by atoms with Gasteiger partial charge in [-0.3, -0.25) is 4.79 Å². The molecule has 220 valence electrons. The number of unbranched alkanes of at least 4 members (excludes halogenated alkanes) is 3. The largest absolute Gasteiger partial charge is 0.481 e. The van der Waals surface area contributed by atoms with Crippen molar-refractivity contribution in [3.8, 4) is 0 Å². The molecule has 0 amide bonds. The van der Waals surface area contributed by atoms with E-state index in [1.807, 2.05) is 91.0 Å². The van der Waals surface area contributed by atoms with Gasteiger partial charge in [0.2, 0.25) is 0 Å². The molecule has 0 aliphatic carbocycles. The van der Waals surface area contributed by atoms with E-state index in [1.165, 1.54) is 16.3 Å². The van der Waals surface area contributed by atoms with Crippen LogP contribution >= 0.6 is 0 Å². The van der Waals surface area contributed by atoms with E-state index in [9.17, 15) is 15.0 Å². The van der Waals surface area contributed by atoms with Gasteiger partial charge in [0, 0.05) is 0 Å². The van der Waals surface area contributed by atoms with Gasteiger partial charge in [-0.15, -0.1) is 0 Å². The van der Waals surface area contributed by atoms with E-state index in [0.717, 1.165) is 48.8 Å². The van der Waals surface area contributed by atoms with Crippen LogP contribution in [0, 0.1) is 5.92 Å². The van der Waals surface area contributed by atoms with Crippen LogP contribution in [0.25, 0.3) is 10.8 Å². The first-order valence-corrected chi connectivity index (χ1v) is 15.3. The van der Waals surface area contributed by atoms with Crippen LogP contribution < -0.4 is 0 Å². The molecule has 0 heterocycles. The second kappa shape index (κ2) is 14.8. The summed E-state index contributed by atoms with van der Waals surface area (Å²) in [5.74, 6) is -2.10. The number of carbonyl (C=O) groups is 1. The fraction of sp³-hybridized carbons (Fsp3) is 0.256. The maximum absolute atomic E-state index is 12.4. The van der Waals surface area contributed by atoms with Crippen LogP contribution in [0.2, 0.25) is 0 Å². The Morgan fingerprint density at radius 1 is 0.628 bits per heavy atom. The third-order valence-corrected chi connectivity index (χ3v) is 8.38. The van der Waals surface area contributed by atoms with Crippen molar-refractivity contribution < 1.29 is 19.7 Å². The van der Waals surface area contributed by atoms with E-state index in [4.69, 9.17) is 4.74 Å². The van der Waals surface area contributed by atoms with E-state index < -0.39 is 23.6 Å². The van der Waals surface area contributed by atoms with E-state index in [0.29, 0.717) is 6.42 Å². The number of rotatable bonds is 15. The molecule has 0 saturated carbocycles. The summed E-state index contributed by atoms with van der Waals surface area (Å²) in [4.78, 5) is 12.4. The molecule has 4 heteroatoms. The lowest BCUT2D eigenvalue weighted by molar-refractivity contribution is -0.151. The molecule has 2 atom stereocenters. The number of hydrogen-bond donors (Lipinski definition) is 2. The van der Waals surface area contributed by atoms with Gasteiger partial charge in [-0.2, -0.15) is 0 Å². The van der Waals surface area contributed by atoms with Gasteiger partial charge in [0.1, 0.15) is 11.5 Å². The summed E-state index contributed by atoms with van der Waals surface area (Å²) >= 11 is 0. The van der Waals surface area contributed by atoms with Gasteiger partial charge in [-0.05, 0) is 52.3 Å². The molecule has 0 spiro atoms. The highest BCUT2D eigenvalue weighted by Crippen LogP contribution is 2.41. The lowest BCUT2D eigenvalue weighted by atomic mass is 9.80. The molecule has 5 aromatic rings. The number of aryl methyl sites for hydroxylation is 1. The van der Waals surface area contributed by atoms with Gasteiger partial charge < -0.3 is 14.9 Å². The Kier molecular flexibility index (Phi) is 10.4. The first-order valence-electron chi connectivity index (χ1n) is 15.3. The molecule has 43 heavy (non-hydrogen) atoms. The van der Waals surface area contributed by atoms with Crippen molar-refractivity contribution in [2.24, 2.45) is 5.92 Å². The second-order valence-electron chi connectivity index (χ2n) is 11.2. The molecular formula is C39H40O4. The highest BCUT2D eigenvalue weighted by molar-refractivity contribution is 5.85. The molecule has 0 radical (unpaired) electrons. The zero-order chi connectivity index (χ0) is 29.9. The summed E-state index contributed by atoms with van der Waals surface area (Å²) in [6, 6.07) is 44.6. The summed E-state index contributed by atoms with van der Waals surface area (Å²) in [7, 11) is 0. The Morgan fingerprint density at radius 3 is 1.72 bits per heavy atom. The van der Waals surface area contributed by atoms with Crippen molar-refractivity contribution >= 4 is 16.7 Å². The lowest BCUT2D eigenvalue weighted by Gasteiger charge is -2.37. The summed E-state index contributed by atoms with van der Waals surface area (Å²) in [6.45, 7) is -0.129. The maximum Gasteiger partial charge on any atom is 0.311 e. The number of benzene rings is 5. The summed E-state index contributed by atoms with van der Waals surface area (Å²) in [5, 5.41) is 23.8. The maximum atomic E-state index is 12.4. The second-order valence-corrected chi connectivity index (χ2v) is 11.2. The molecule has 2 N–H and O–H groups in total. The van der Waals surface area contributed by atoms with Crippen LogP contribution in [0.5, 0.6) is 0 Å². The monoisotopic (exact) mass is 572 g/mol. The third kappa shape index (κ3) is 7.22. The Balaban J connectivity index is 1.24. The van der Waals surface area contributed by atoms with Crippen LogP contribution in [0.1, 0.15) is 54.4 Å². The molecule has 5 rings (SSSR count). The number of hydrogen-bond acceptors (Lipinski definition) is 3.